The van der Waals surface area contributed by atoms with E-state index in [0.29, 0.717) is 12.0 Å². The molecule has 0 saturated carbocycles. The number of benzene rings is 1. The minimum Gasteiger partial charge on any atom is -0.497 e. The smallest absolute Gasteiger partial charge is 0.379 e. The maximum absolute atomic E-state index is 11.6. The normalized spacial score (nSPS) is 9.53. The summed E-state index contributed by atoms with van der Waals surface area (Å²) in [6.45, 7) is 1.71. The first kappa shape index (κ1) is 12.9. The Morgan fingerprint density at radius 3 is 2.59 bits per heavy atom. The molecule has 1 aromatic rings. The van der Waals surface area contributed by atoms with Crippen LogP contribution in [0.25, 0.3) is 0 Å². The second kappa shape index (κ2) is 5.79. The molecular formula is C12H12O5. The monoisotopic (exact) mass is 236 g/mol. The summed E-state index contributed by atoms with van der Waals surface area (Å²) in [5.41, 5.74) is 0.113. The van der Waals surface area contributed by atoms with Gasteiger partial charge in [0.25, 0.3) is 5.78 Å². The summed E-state index contributed by atoms with van der Waals surface area (Å²) >= 11 is 0. The topological polar surface area (TPSA) is 69.7 Å². The van der Waals surface area contributed by atoms with Crippen molar-refractivity contribution in [2.45, 2.75) is 6.92 Å². The van der Waals surface area contributed by atoms with Crippen LogP contribution in [-0.2, 0) is 9.53 Å². The average molecular weight is 236 g/mol. The highest BCUT2D eigenvalue weighted by atomic mass is 16.5. The Balaban J connectivity index is 3.09. The summed E-state index contributed by atoms with van der Waals surface area (Å²) < 4.78 is 9.49. The quantitative estimate of drug-likeness (QED) is 0.333. The molecule has 0 radical (unpaired) electrons. The summed E-state index contributed by atoms with van der Waals surface area (Å²) in [4.78, 5) is 33.7. The van der Waals surface area contributed by atoms with Crippen LogP contribution >= 0.6 is 0 Å². The summed E-state index contributed by atoms with van der Waals surface area (Å²) in [6.07, 6.45) is 0.495. The minimum absolute atomic E-state index is 0.0132. The third-order valence-electron chi connectivity index (χ3n) is 2.09. The Kier molecular flexibility index (Phi) is 4.39. The molecule has 90 valence electrons. The number of rotatable bonds is 5. The minimum atomic E-state index is -0.972. The number of Topliss-reactive ketones (excluding diaryl/α,β-unsaturated/α-hetero) is 1. The zero-order valence-corrected chi connectivity index (χ0v) is 9.56. The SMILES string of the molecule is CCOC(=O)C(=O)c1ccc(OC)cc1C=O. The summed E-state index contributed by atoms with van der Waals surface area (Å²) in [5, 5.41) is 0. The molecule has 0 unspecified atom stereocenters. The molecule has 0 N–H and O–H groups in total. The van der Waals surface area contributed by atoms with Crippen molar-refractivity contribution >= 4 is 18.0 Å². The average Bonchev–Trinajstić information content (AvgIpc) is 2.37. The number of aldehydes is 1. The fraction of sp³-hybridized carbons (Fsp3) is 0.250. The highest BCUT2D eigenvalue weighted by molar-refractivity contribution is 6.41. The molecule has 5 nitrogen and oxygen atoms in total. The lowest BCUT2D eigenvalue weighted by Crippen LogP contribution is -2.19. The molecule has 0 aliphatic rings. The van der Waals surface area contributed by atoms with Crippen LogP contribution in [0.4, 0.5) is 0 Å². The number of carbonyl (C=O) groups excluding carboxylic acids is 3. The van der Waals surface area contributed by atoms with Crippen LogP contribution in [0, 0.1) is 0 Å². The molecule has 0 bridgehead atoms. The van der Waals surface area contributed by atoms with E-state index in [0.717, 1.165) is 0 Å². The van der Waals surface area contributed by atoms with Gasteiger partial charge in [-0.2, -0.15) is 0 Å². The Hall–Kier alpha value is -2.17. The largest absolute Gasteiger partial charge is 0.497 e. The van der Waals surface area contributed by atoms with Crippen molar-refractivity contribution in [3.8, 4) is 5.75 Å². The molecule has 0 heterocycles. The van der Waals surface area contributed by atoms with Crippen LogP contribution in [0.15, 0.2) is 18.2 Å². The molecule has 1 rings (SSSR count). The Labute approximate surface area is 98.3 Å². The van der Waals surface area contributed by atoms with Crippen LogP contribution < -0.4 is 4.74 Å². The van der Waals surface area contributed by atoms with E-state index in [9.17, 15) is 14.4 Å². The first-order chi connectivity index (χ1) is 8.13. The van der Waals surface area contributed by atoms with E-state index in [-0.39, 0.29) is 17.7 Å². The van der Waals surface area contributed by atoms with Crippen LogP contribution in [0.2, 0.25) is 0 Å². The van der Waals surface area contributed by atoms with E-state index in [2.05, 4.69) is 4.74 Å². The number of methoxy groups -OCH3 is 1. The van der Waals surface area contributed by atoms with Crippen LogP contribution in [0.1, 0.15) is 27.6 Å². The first-order valence-electron chi connectivity index (χ1n) is 4.98. The Morgan fingerprint density at radius 1 is 1.35 bits per heavy atom. The van der Waals surface area contributed by atoms with Crippen molar-refractivity contribution < 1.29 is 23.9 Å². The molecule has 0 atom stereocenters. The van der Waals surface area contributed by atoms with E-state index in [1.54, 1.807) is 6.92 Å². The van der Waals surface area contributed by atoms with Crippen LogP contribution in [0.3, 0.4) is 0 Å². The highest BCUT2D eigenvalue weighted by Gasteiger charge is 2.20. The van der Waals surface area contributed by atoms with Gasteiger partial charge in [-0.15, -0.1) is 0 Å². The lowest BCUT2D eigenvalue weighted by molar-refractivity contribution is -0.137. The van der Waals surface area contributed by atoms with Gasteiger partial charge in [0.15, 0.2) is 6.29 Å². The number of hydrogen-bond acceptors (Lipinski definition) is 5. The summed E-state index contributed by atoms with van der Waals surface area (Å²) in [6, 6.07) is 4.25. The standard InChI is InChI=1S/C12H12O5/c1-3-17-12(15)11(14)10-5-4-9(16-2)6-8(10)7-13/h4-7H,3H2,1-2H3. The molecule has 0 aromatic heterocycles. The van der Waals surface area contributed by atoms with E-state index in [1.807, 2.05) is 0 Å². The summed E-state index contributed by atoms with van der Waals surface area (Å²) in [7, 11) is 1.44. The lowest BCUT2D eigenvalue weighted by atomic mass is 10.0. The van der Waals surface area contributed by atoms with Gasteiger partial charge >= 0.3 is 5.97 Å². The van der Waals surface area contributed by atoms with Gasteiger partial charge in [0.2, 0.25) is 0 Å². The number of hydrogen-bond donors (Lipinski definition) is 0. The van der Waals surface area contributed by atoms with Crippen molar-refractivity contribution in [3.63, 3.8) is 0 Å². The van der Waals surface area contributed by atoms with Crippen molar-refractivity contribution in [1.29, 1.82) is 0 Å². The van der Waals surface area contributed by atoms with E-state index in [4.69, 9.17) is 4.74 Å². The van der Waals surface area contributed by atoms with Gasteiger partial charge in [-0.25, -0.2) is 4.79 Å². The van der Waals surface area contributed by atoms with Gasteiger partial charge in [-0.3, -0.25) is 9.59 Å². The fourth-order valence-corrected chi connectivity index (χ4v) is 1.28. The fourth-order valence-electron chi connectivity index (χ4n) is 1.28. The molecular weight excluding hydrogens is 224 g/mol. The van der Waals surface area contributed by atoms with Gasteiger partial charge in [0.05, 0.1) is 13.7 Å². The third-order valence-corrected chi connectivity index (χ3v) is 2.09. The van der Waals surface area contributed by atoms with Gasteiger partial charge < -0.3 is 9.47 Å². The van der Waals surface area contributed by atoms with Crippen molar-refractivity contribution in [2.24, 2.45) is 0 Å². The zero-order chi connectivity index (χ0) is 12.8. The molecule has 0 saturated heterocycles. The molecule has 0 aliphatic carbocycles. The highest BCUT2D eigenvalue weighted by Crippen LogP contribution is 2.17. The zero-order valence-electron chi connectivity index (χ0n) is 9.56. The van der Waals surface area contributed by atoms with Gasteiger partial charge in [0.1, 0.15) is 5.75 Å². The number of ether oxygens (including phenoxy) is 2. The van der Waals surface area contributed by atoms with E-state index >= 15 is 0 Å². The molecule has 5 heteroatoms. The third kappa shape index (κ3) is 2.90. The second-order valence-electron chi connectivity index (χ2n) is 3.12. The van der Waals surface area contributed by atoms with Crippen molar-refractivity contribution in [2.75, 3.05) is 13.7 Å². The number of ketones is 1. The van der Waals surface area contributed by atoms with E-state index < -0.39 is 11.8 Å². The van der Waals surface area contributed by atoms with Crippen molar-refractivity contribution in [1.82, 2.24) is 0 Å². The van der Waals surface area contributed by atoms with Crippen LogP contribution in [0.5, 0.6) is 5.75 Å². The first-order valence-corrected chi connectivity index (χ1v) is 4.98. The maximum atomic E-state index is 11.6. The van der Waals surface area contributed by atoms with Gasteiger partial charge in [-0.1, -0.05) is 0 Å². The molecule has 17 heavy (non-hydrogen) atoms. The predicted molar refractivity (Wildman–Crippen MR) is 59.3 cm³/mol. The number of esters is 1. The Morgan fingerprint density at radius 2 is 2.06 bits per heavy atom. The second-order valence-corrected chi connectivity index (χ2v) is 3.12. The maximum Gasteiger partial charge on any atom is 0.379 e. The van der Waals surface area contributed by atoms with Crippen LogP contribution in [-0.4, -0.2) is 31.8 Å². The molecule has 0 fully saturated rings. The molecule has 0 amide bonds. The molecule has 0 aliphatic heterocycles. The van der Waals surface area contributed by atoms with Crippen molar-refractivity contribution in [3.05, 3.63) is 29.3 Å². The number of carbonyl (C=O) groups is 3. The van der Waals surface area contributed by atoms with Gasteiger partial charge in [-0.05, 0) is 25.1 Å². The Bertz CT molecular complexity index is 450. The van der Waals surface area contributed by atoms with E-state index in [1.165, 1.54) is 25.3 Å². The lowest BCUT2D eigenvalue weighted by Gasteiger charge is -2.05. The predicted octanol–water partition coefficient (Wildman–Crippen LogP) is 1.25. The molecule has 0 spiro atoms. The van der Waals surface area contributed by atoms with Gasteiger partial charge in [0, 0.05) is 11.1 Å². The summed E-state index contributed by atoms with van der Waals surface area (Å²) in [5.74, 6) is -1.37. The molecule has 1 aromatic carbocycles.